The molecule has 0 bridgehead atoms. The second kappa shape index (κ2) is 13.6. The van der Waals surface area contributed by atoms with Crippen LogP contribution in [0.5, 0.6) is 17.2 Å². The number of rotatable bonds is 13. The van der Waals surface area contributed by atoms with Crippen LogP contribution in [0.4, 0.5) is 0 Å². The summed E-state index contributed by atoms with van der Waals surface area (Å²) in [5, 5.41) is 11.4. The quantitative estimate of drug-likeness (QED) is 0.121. The largest absolute Gasteiger partial charge is 0.507 e. The molecule has 0 spiro atoms. The van der Waals surface area contributed by atoms with Crippen molar-refractivity contribution in [3.05, 3.63) is 89.3 Å². The third-order valence-corrected chi connectivity index (χ3v) is 6.64. The molecule has 1 N–H and O–H groups in total. The van der Waals surface area contributed by atoms with Gasteiger partial charge in [0.1, 0.15) is 11.5 Å². The lowest BCUT2D eigenvalue weighted by atomic mass is 9.94. The first-order valence-electron chi connectivity index (χ1n) is 13.8. The maximum absolute atomic E-state index is 13.4. The number of ketones is 1. The summed E-state index contributed by atoms with van der Waals surface area (Å²) in [5.74, 6) is 0.0562. The molecule has 4 rings (SSSR count). The smallest absolute Gasteiger partial charge is 0.295 e. The molecule has 3 aromatic rings. The average Bonchev–Trinajstić information content (AvgIpc) is 3.22. The van der Waals surface area contributed by atoms with Crippen molar-refractivity contribution >= 4 is 17.4 Å². The summed E-state index contributed by atoms with van der Waals surface area (Å²) in [6.45, 7) is 7.52. The average molecular weight is 545 g/mol. The Kier molecular flexibility index (Phi) is 9.78. The second-order valence-corrected chi connectivity index (χ2v) is 9.44. The van der Waals surface area contributed by atoms with Crippen LogP contribution in [0.25, 0.3) is 5.76 Å². The predicted molar refractivity (Wildman–Crippen MR) is 152 cm³/mol. The van der Waals surface area contributed by atoms with Crippen LogP contribution in [0, 0.1) is 0 Å². The standard InChI is InChI=1S/C32H36N2O6/c1-4-7-8-18-40-26-16-13-24(19-27(26)39-6-3)29-28(30(35)23-11-14-25(15-12-23)38-5-2)31(36)32(37)34(29)21-22-10-9-17-33-20-22/h9-17,19-20,29,35H,4-8,18,21H2,1-3H3/b30-28+. The minimum Gasteiger partial charge on any atom is -0.507 e. The van der Waals surface area contributed by atoms with Gasteiger partial charge in [-0.15, -0.1) is 0 Å². The summed E-state index contributed by atoms with van der Waals surface area (Å²) >= 11 is 0. The first-order chi connectivity index (χ1) is 19.5. The molecule has 1 saturated heterocycles. The van der Waals surface area contributed by atoms with Gasteiger partial charge in [0.25, 0.3) is 11.7 Å². The number of carbonyl (C=O) groups excluding carboxylic acids is 2. The summed E-state index contributed by atoms with van der Waals surface area (Å²) < 4.78 is 17.4. The van der Waals surface area contributed by atoms with Gasteiger partial charge in [0, 0.05) is 24.5 Å². The second-order valence-electron chi connectivity index (χ2n) is 9.44. The predicted octanol–water partition coefficient (Wildman–Crippen LogP) is 6.07. The normalized spacial score (nSPS) is 16.3. The van der Waals surface area contributed by atoms with Crippen molar-refractivity contribution < 1.29 is 28.9 Å². The van der Waals surface area contributed by atoms with Crippen LogP contribution in [0.2, 0.25) is 0 Å². The molecule has 2 aromatic carbocycles. The highest BCUT2D eigenvalue weighted by atomic mass is 16.5. The van der Waals surface area contributed by atoms with Crippen molar-refractivity contribution in [3.63, 3.8) is 0 Å². The molecular weight excluding hydrogens is 508 g/mol. The molecule has 1 atom stereocenters. The molecule has 1 aliphatic heterocycles. The van der Waals surface area contributed by atoms with E-state index in [2.05, 4.69) is 11.9 Å². The number of benzene rings is 2. The maximum Gasteiger partial charge on any atom is 0.295 e. The lowest BCUT2D eigenvalue weighted by Gasteiger charge is -2.26. The molecule has 1 unspecified atom stereocenters. The number of pyridine rings is 1. The highest BCUT2D eigenvalue weighted by Gasteiger charge is 2.46. The van der Waals surface area contributed by atoms with Gasteiger partial charge >= 0.3 is 0 Å². The van der Waals surface area contributed by atoms with Crippen LogP contribution in [0.1, 0.15) is 62.8 Å². The molecule has 0 radical (unpaired) electrons. The highest BCUT2D eigenvalue weighted by Crippen LogP contribution is 2.43. The summed E-state index contributed by atoms with van der Waals surface area (Å²) in [6.07, 6.45) is 6.38. The number of carbonyl (C=O) groups is 2. The fourth-order valence-electron chi connectivity index (χ4n) is 4.73. The first-order valence-corrected chi connectivity index (χ1v) is 13.8. The van der Waals surface area contributed by atoms with Crippen molar-refractivity contribution in [2.45, 2.75) is 52.6 Å². The zero-order chi connectivity index (χ0) is 28.5. The van der Waals surface area contributed by atoms with Crippen molar-refractivity contribution in [3.8, 4) is 17.2 Å². The fraction of sp³-hybridized carbons (Fsp3) is 0.344. The fourth-order valence-corrected chi connectivity index (χ4v) is 4.73. The molecule has 1 aliphatic rings. The Morgan fingerprint density at radius 1 is 0.925 bits per heavy atom. The topological polar surface area (TPSA) is 98.2 Å². The minimum atomic E-state index is -0.847. The van der Waals surface area contributed by atoms with E-state index < -0.39 is 17.7 Å². The van der Waals surface area contributed by atoms with Gasteiger partial charge in [0.15, 0.2) is 11.5 Å². The molecule has 1 aromatic heterocycles. The van der Waals surface area contributed by atoms with Gasteiger partial charge in [0.2, 0.25) is 0 Å². The van der Waals surface area contributed by atoms with E-state index in [1.807, 2.05) is 26.0 Å². The number of likely N-dealkylation sites (tertiary alicyclic amines) is 1. The van der Waals surface area contributed by atoms with Gasteiger partial charge in [-0.25, -0.2) is 0 Å². The maximum atomic E-state index is 13.4. The molecule has 2 heterocycles. The lowest BCUT2D eigenvalue weighted by molar-refractivity contribution is -0.140. The summed E-state index contributed by atoms with van der Waals surface area (Å²) in [6, 6.07) is 15.0. The van der Waals surface area contributed by atoms with E-state index in [4.69, 9.17) is 14.2 Å². The van der Waals surface area contributed by atoms with Crippen molar-refractivity contribution in [2.75, 3.05) is 19.8 Å². The van der Waals surface area contributed by atoms with Gasteiger partial charge in [-0.2, -0.15) is 0 Å². The van der Waals surface area contributed by atoms with Gasteiger partial charge in [-0.1, -0.05) is 31.9 Å². The molecule has 8 heteroatoms. The van der Waals surface area contributed by atoms with E-state index in [0.29, 0.717) is 48.2 Å². The third kappa shape index (κ3) is 6.45. The van der Waals surface area contributed by atoms with Gasteiger partial charge in [-0.05, 0) is 73.9 Å². The number of nitrogens with zero attached hydrogens (tertiary/aromatic N) is 2. The molecule has 40 heavy (non-hydrogen) atoms. The third-order valence-electron chi connectivity index (χ3n) is 6.64. The molecule has 1 fully saturated rings. The molecule has 0 saturated carbocycles. The number of unbranched alkanes of at least 4 members (excludes halogenated alkanes) is 2. The van der Waals surface area contributed by atoms with E-state index in [1.54, 1.807) is 54.9 Å². The van der Waals surface area contributed by atoms with E-state index in [-0.39, 0.29) is 17.9 Å². The Labute approximate surface area is 235 Å². The number of hydrogen-bond acceptors (Lipinski definition) is 7. The van der Waals surface area contributed by atoms with Gasteiger partial charge in [0.05, 0.1) is 31.4 Å². The van der Waals surface area contributed by atoms with E-state index in [1.165, 1.54) is 4.90 Å². The van der Waals surface area contributed by atoms with E-state index >= 15 is 0 Å². The van der Waals surface area contributed by atoms with Crippen LogP contribution >= 0.6 is 0 Å². The number of aromatic nitrogens is 1. The SMILES string of the molecule is CCCCCOc1ccc(C2/C(=C(\O)c3ccc(OCC)cc3)C(=O)C(=O)N2Cc2cccnc2)cc1OCC. The first kappa shape index (κ1) is 28.7. The van der Waals surface area contributed by atoms with Crippen LogP contribution in [0.15, 0.2) is 72.6 Å². The number of hydrogen-bond donors (Lipinski definition) is 1. The Morgan fingerprint density at radius 3 is 2.38 bits per heavy atom. The molecule has 210 valence electrons. The molecular formula is C32H36N2O6. The number of Topliss-reactive ketones (excluding diaryl/α,β-unsaturated/α-hetero) is 1. The Balaban J connectivity index is 1.79. The Hall–Kier alpha value is -4.33. The number of ether oxygens (including phenoxy) is 3. The zero-order valence-electron chi connectivity index (χ0n) is 23.3. The van der Waals surface area contributed by atoms with Crippen molar-refractivity contribution in [2.24, 2.45) is 0 Å². The molecule has 0 aliphatic carbocycles. The van der Waals surface area contributed by atoms with Crippen molar-refractivity contribution in [1.82, 2.24) is 9.88 Å². The number of amides is 1. The van der Waals surface area contributed by atoms with Gasteiger partial charge < -0.3 is 24.2 Å². The van der Waals surface area contributed by atoms with Crippen molar-refractivity contribution in [1.29, 1.82) is 0 Å². The molecule has 1 amide bonds. The van der Waals surface area contributed by atoms with Gasteiger partial charge in [-0.3, -0.25) is 14.6 Å². The zero-order valence-corrected chi connectivity index (χ0v) is 23.3. The van der Waals surface area contributed by atoms with Crippen LogP contribution in [-0.2, 0) is 16.1 Å². The van der Waals surface area contributed by atoms with Crippen LogP contribution in [-0.4, -0.2) is 46.5 Å². The number of aliphatic hydroxyl groups is 1. The molecule has 8 nitrogen and oxygen atoms in total. The van der Waals surface area contributed by atoms with Crippen LogP contribution < -0.4 is 14.2 Å². The monoisotopic (exact) mass is 544 g/mol. The van der Waals surface area contributed by atoms with Crippen LogP contribution in [0.3, 0.4) is 0 Å². The Bertz CT molecular complexity index is 1340. The number of aliphatic hydroxyl groups excluding tert-OH is 1. The summed E-state index contributed by atoms with van der Waals surface area (Å²) in [7, 11) is 0. The van der Waals surface area contributed by atoms with E-state index in [9.17, 15) is 14.7 Å². The Morgan fingerprint density at radius 2 is 1.70 bits per heavy atom. The highest BCUT2D eigenvalue weighted by molar-refractivity contribution is 6.46. The lowest BCUT2D eigenvalue weighted by Crippen LogP contribution is -2.29. The summed E-state index contributed by atoms with van der Waals surface area (Å²) in [5.41, 5.74) is 1.81. The van der Waals surface area contributed by atoms with E-state index in [0.717, 1.165) is 24.8 Å². The minimum absolute atomic E-state index is 0.0112. The summed E-state index contributed by atoms with van der Waals surface area (Å²) in [4.78, 5) is 32.5.